The largest absolute Gasteiger partial charge is 0.325 e. The first kappa shape index (κ1) is 13.5. The van der Waals surface area contributed by atoms with Crippen LogP contribution >= 0.6 is 15.9 Å². The fraction of sp³-hybridized carbons (Fsp3) is 0.462. The summed E-state index contributed by atoms with van der Waals surface area (Å²) in [7, 11) is 0. The molecule has 0 radical (unpaired) electrons. The third-order valence-corrected chi connectivity index (χ3v) is 3.56. The summed E-state index contributed by atoms with van der Waals surface area (Å²) in [6.45, 7) is 2.99. The Balaban J connectivity index is 1.87. The van der Waals surface area contributed by atoms with Gasteiger partial charge in [-0.1, -0.05) is 0 Å². The van der Waals surface area contributed by atoms with Crippen LogP contribution in [0.2, 0.25) is 0 Å². The second kappa shape index (κ2) is 5.80. The summed E-state index contributed by atoms with van der Waals surface area (Å²) < 4.78 is 13.8. The molecule has 0 aromatic heterocycles. The van der Waals surface area contributed by atoms with Crippen molar-refractivity contribution < 1.29 is 9.18 Å². The maximum Gasteiger partial charge on any atom is 0.238 e. The van der Waals surface area contributed by atoms with Crippen molar-refractivity contribution in [1.82, 2.24) is 5.32 Å². The first-order valence-electron chi connectivity index (χ1n) is 6.02. The molecule has 0 saturated heterocycles. The summed E-state index contributed by atoms with van der Waals surface area (Å²) in [4.78, 5) is 11.7. The molecule has 1 aromatic carbocycles. The van der Waals surface area contributed by atoms with Crippen molar-refractivity contribution in [2.45, 2.75) is 19.8 Å². The van der Waals surface area contributed by atoms with E-state index in [0.717, 1.165) is 18.0 Å². The van der Waals surface area contributed by atoms with Gasteiger partial charge < -0.3 is 10.6 Å². The molecule has 1 aliphatic rings. The van der Waals surface area contributed by atoms with Gasteiger partial charge in [-0.05, 0) is 65.9 Å². The van der Waals surface area contributed by atoms with E-state index in [0.29, 0.717) is 10.2 Å². The van der Waals surface area contributed by atoms with Crippen molar-refractivity contribution in [1.29, 1.82) is 0 Å². The zero-order chi connectivity index (χ0) is 13.1. The van der Waals surface area contributed by atoms with Crippen LogP contribution in [0.1, 0.15) is 18.4 Å². The molecular weight excluding hydrogens is 299 g/mol. The smallest absolute Gasteiger partial charge is 0.238 e. The SMILES string of the molecule is Cc1cc(Br)c(F)cc1NC(=O)CNCC1CC1. The maximum atomic E-state index is 13.4. The average molecular weight is 315 g/mol. The number of nitrogens with one attached hydrogen (secondary N) is 2. The Morgan fingerprint density at radius 3 is 2.89 bits per heavy atom. The van der Waals surface area contributed by atoms with Gasteiger partial charge in [0, 0.05) is 5.69 Å². The third kappa shape index (κ3) is 3.78. The molecule has 98 valence electrons. The number of carbonyl (C=O) groups excluding carboxylic acids is 1. The van der Waals surface area contributed by atoms with Crippen LogP contribution in [-0.4, -0.2) is 19.0 Å². The van der Waals surface area contributed by atoms with Gasteiger partial charge in [0.25, 0.3) is 0 Å². The minimum atomic E-state index is -0.373. The van der Waals surface area contributed by atoms with E-state index in [2.05, 4.69) is 26.6 Å². The minimum absolute atomic E-state index is 0.138. The van der Waals surface area contributed by atoms with Crippen LogP contribution in [0.4, 0.5) is 10.1 Å². The lowest BCUT2D eigenvalue weighted by atomic mass is 10.2. The van der Waals surface area contributed by atoms with Gasteiger partial charge in [-0.25, -0.2) is 4.39 Å². The van der Waals surface area contributed by atoms with Crippen LogP contribution < -0.4 is 10.6 Å². The number of aryl methyl sites for hydroxylation is 1. The van der Waals surface area contributed by atoms with Crippen LogP contribution in [0.5, 0.6) is 0 Å². The van der Waals surface area contributed by atoms with Crippen molar-refractivity contribution in [2.24, 2.45) is 5.92 Å². The molecule has 1 aliphatic carbocycles. The van der Waals surface area contributed by atoms with Gasteiger partial charge in [0.1, 0.15) is 5.82 Å². The van der Waals surface area contributed by atoms with Gasteiger partial charge in [-0.2, -0.15) is 0 Å². The van der Waals surface area contributed by atoms with E-state index < -0.39 is 0 Å². The zero-order valence-electron chi connectivity index (χ0n) is 10.2. The lowest BCUT2D eigenvalue weighted by molar-refractivity contribution is -0.115. The molecule has 0 bridgehead atoms. The summed E-state index contributed by atoms with van der Waals surface area (Å²) in [5, 5.41) is 5.81. The topological polar surface area (TPSA) is 41.1 Å². The highest BCUT2D eigenvalue weighted by Gasteiger charge is 2.20. The number of hydrogen-bond acceptors (Lipinski definition) is 2. The quantitative estimate of drug-likeness (QED) is 0.877. The second-order valence-electron chi connectivity index (χ2n) is 4.70. The van der Waals surface area contributed by atoms with Gasteiger partial charge in [0.2, 0.25) is 5.91 Å². The van der Waals surface area contributed by atoms with Crippen molar-refractivity contribution in [2.75, 3.05) is 18.4 Å². The Morgan fingerprint density at radius 2 is 2.22 bits per heavy atom. The summed E-state index contributed by atoms with van der Waals surface area (Å²) >= 11 is 3.11. The van der Waals surface area contributed by atoms with E-state index in [4.69, 9.17) is 0 Å². The first-order chi connectivity index (χ1) is 8.56. The van der Waals surface area contributed by atoms with E-state index in [-0.39, 0.29) is 18.3 Å². The van der Waals surface area contributed by atoms with Crippen LogP contribution in [0.3, 0.4) is 0 Å². The molecule has 1 fully saturated rings. The molecule has 3 nitrogen and oxygen atoms in total. The predicted molar refractivity (Wildman–Crippen MR) is 73.1 cm³/mol. The highest BCUT2D eigenvalue weighted by Crippen LogP contribution is 2.27. The van der Waals surface area contributed by atoms with Crippen LogP contribution in [0.15, 0.2) is 16.6 Å². The first-order valence-corrected chi connectivity index (χ1v) is 6.82. The molecule has 1 amide bonds. The number of benzene rings is 1. The Kier molecular flexibility index (Phi) is 4.35. The lowest BCUT2D eigenvalue weighted by Crippen LogP contribution is -2.29. The van der Waals surface area contributed by atoms with E-state index in [1.165, 1.54) is 18.9 Å². The number of carbonyl (C=O) groups is 1. The van der Waals surface area contributed by atoms with Crippen LogP contribution in [0.25, 0.3) is 0 Å². The minimum Gasteiger partial charge on any atom is -0.325 e. The molecule has 0 aliphatic heterocycles. The summed E-state index contributed by atoms with van der Waals surface area (Å²) in [5.74, 6) is 0.229. The Bertz CT molecular complexity index is 461. The summed E-state index contributed by atoms with van der Waals surface area (Å²) in [5.41, 5.74) is 1.35. The van der Waals surface area contributed by atoms with Crippen LogP contribution in [0, 0.1) is 18.7 Å². The van der Waals surface area contributed by atoms with Crippen molar-refractivity contribution in [3.63, 3.8) is 0 Å². The van der Waals surface area contributed by atoms with Crippen LogP contribution in [-0.2, 0) is 4.79 Å². The Morgan fingerprint density at radius 1 is 1.50 bits per heavy atom. The monoisotopic (exact) mass is 314 g/mol. The van der Waals surface area contributed by atoms with Crippen molar-refractivity contribution in [3.05, 3.63) is 28.0 Å². The Labute approximate surface area is 114 Å². The fourth-order valence-electron chi connectivity index (χ4n) is 1.69. The van der Waals surface area contributed by atoms with E-state index in [1.54, 1.807) is 6.07 Å². The molecule has 0 spiro atoms. The molecule has 5 heteroatoms. The van der Waals surface area contributed by atoms with E-state index in [9.17, 15) is 9.18 Å². The molecule has 1 saturated carbocycles. The van der Waals surface area contributed by atoms with Gasteiger partial charge in [-0.15, -0.1) is 0 Å². The van der Waals surface area contributed by atoms with Gasteiger partial charge >= 0.3 is 0 Å². The molecular formula is C13H16BrFN2O. The Hall–Kier alpha value is -0.940. The molecule has 1 aromatic rings. The maximum absolute atomic E-state index is 13.4. The number of rotatable bonds is 5. The van der Waals surface area contributed by atoms with Crippen molar-refractivity contribution >= 4 is 27.5 Å². The highest BCUT2D eigenvalue weighted by molar-refractivity contribution is 9.10. The van der Waals surface area contributed by atoms with Gasteiger partial charge in [-0.3, -0.25) is 4.79 Å². The molecule has 18 heavy (non-hydrogen) atoms. The van der Waals surface area contributed by atoms with E-state index in [1.807, 2.05) is 6.92 Å². The number of anilines is 1. The summed E-state index contributed by atoms with van der Waals surface area (Å²) in [6, 6.07) is 2.99. The lowest BCUT2D eigenvalue weighted by Gasteiger charge is -2.10. The molecule has 2 N–H and O–H groups in total. The average Bonchev–Trinajstić information content (AvgIpc) is 3.10. The molecule has 2 rings (SSSR count). The number of amides is 1. The third-order valence-electron chi connectivity index (χ3n) is 2.96. The predicted octanol–water partition coefficient (Wildman–Crippen LogP) is 2.83. The normalized spacial score (nSPS) is 14.6. The molecule has 0 unspecified atom stereocenters. The van der Waals surface area contributed by atoms with Gasteiger partial charge in [0.05, 0.1) is 11.0 Å². The standard InChI is InChI=1S/C13H16BrFN2O/c1-8-4-10(14)11(15)5-12(8)17-13(18)7-16-6-9-2-3-9/h4-5,9,16H,2-3,6-7H2,1H3,(H,17,18). The van der Waals surface area contributed by atoms with Crippen molar-refractivity contribution in [3.8, 4) is 0 Å². The van der Waals surface area contributed by atoms with E-state index >= 15 is 0 Å². The summed E-state index contributed by atoms with van der Waals surface area (Å²) in [6.07, 6.45) is 2.51. The molecule has 0 heterocycles. The molecule has 0 atom stereocenters. The zero-order valence-corrected chi connectivity index (χ0v) is 11.8. The number of halogens is 2. The number of hydrogen-bond donors (Lipinski definition) is 2. The van der Waals surface area contributed by atoms with Gasteiger partial charge in [0.15, 0.2) is 0 Å². The second-order valence-corrected chi connectivity index (χ2v) is 5.56. The highest BCUT2D eigenvalue weighted by atomic mass is 79.9. The fourth-order valence-corrected chi connectivity index (χ4v) is 2.14.